The van der Waals surface area contributed by atoms with Crippen LogP contribution in [0.25, 0.3) is 0 Å². The molecule has 116 valence electrons. The maximum Gasteiger partial charge on any atom is 0.198 e. The summed E-state index contributed by atoms with van der Waals surface area (Å²) in [5.74, 6) is 0.920. The summed E-state index contributed by atoms with van der Waals surface area (Å²) in [5.41, 5.74) is 2.21. The average Bonchev–Trinajstić information content (AvgIpc) is 3.47. The van der Waals surface area contributed by atoms with Crippen LogP contribution in [0.3, 0.4) is 0 Å². The number of Topliss-reactive ketones (excluding diaryl/α,β-unsaturated/α-hetero) is 1. The number of rotatable bonds is 3. The van der Waals surface area contributed by atoms with Crippen molar-refractivity contribution >= 4 is 5.78 Å². The van der Waals surface area contributed by atoms with Crippen LogP contribution in [0.5, 0.6) is 5.75 Å². The number of benzene rings is 2. The molecule has 2 aromatic carbocycles. The van der Waals surface area contributed by atoms with Crippen molar-refractivity contribution in [1.29, 1.82) is 0 Å². The lowest BCUT2D eigenvalue weighted by Crippen LogP contribution is -2.25. The van der Waals surface area contributed by atoms with Crippen molar-refractivity contribution < 1.29 is 19.0 Å². The second-order valence-electron chi connectivity index (χ2n) is 6.35. The highest BCUT2D eigenvalue weighted by Gasteiger charge is 2.73. The van der Waals surface area contributed by atoms with Crippen molar-refractivity contribution in [2.45, 2.75) is 30.3 Å². The van der Waals surface area contributed by atoms with Gasteiger partial charge in [-0.05, 0) is 11.6 Å². The molecule has 2 fully saturated rings. The van der Waals surface area contributed by atoms with E-state index in [0.29, 0.717) is 6.42 Å². The van der Waals surface area contributed by atoms with Crippen LogP contribution in [0.1, 0.15) is 27.6 Å². The molecule has 0 unspecified atom stereocenters. The summed E-state index contributed by atoms with van der Waals surface area (Å²) in [4.78, 5) is 12.7. The van der Waals surface area contributed by atoms with Crippen LogP contribution in [0.15, 0.2) is 48.5 Å². The lowest BCUT2D eigenvalue weighted by atomic mass is 9.96. The number of hydrogen-bond acceptors (Lipinski definition) is 4. The third-order valence-corrected chi connectivity index (χ3v) is 5.11. The van der Waals surface area contributed by atoms with E-state index in [4.69, 9.17) is 14.2 Å². The Bertz CT molecular complexity index is 815. The fraction of sp³-hybridized carbons (Fsp3) is 0.316. The molecule has 0 N–H and O–H groups in total. The fourth-order valence-corrected chi connectivity index (χ4v) is 3.84. The summed E-state index contributed by atoms with van der Waals surface area (Å²) in [6.45, 7) is 0. The second kappa shape index (κ2) is 4.43. The first-order chi connectivity index (χ1) is 11.2. The molecule has 5 rings (SSSR count). The standard InChI is InChI=1S/C19H16O4/c1-21-14-9-5-4-8-13(14)15-16(22-15)18-19(23-18)10-11-6-2-3-7-12(11)17(19)20/h2-9,15-16,18H,10H2,1H3/t15-,16+,18+,19+/m0/s1. The molecule has 2 heterocycles. The van der Waals surface area contributed by atoms with Crippen LogP contribution in [-0.2, 0) is 15.9 Å². The summed E-state index contributed by atoms with van der Waals surface area (Å²) in [6, 6.07) is 15.6. The van der Waals surface area contributed by atoms with Gasteiger partial charge in [-0.15, -0.1) is 0 Å². The summed E-state index contributed by atoms with van der Waals surface area (Å²) in [5, 5.41) is 0. The number of ether oxygens (including phenoxy) is 3. The minimum atomic E-state index is -0.689. The van der Waals surface area contributed by atoms with Crippen LogP contribution in [-0.4, -0.2) is 30.7 Å². The van der Waals surface area contributed by atoms with Gasteiger partial charge in [0.1, 0.15) is 24.1 Å². The largest absolute Gasteiger partial charge is 0.496 e. The Morgan fingerprint density at radius 1 is 1.13 bits per heavy atom. The van der Waals surface area contributed by atoms with E-state index in [-0.39, 0.29) is 24.1 Å². The number of carbonyl (C=O) groups excluding carboxylic acids is 1. The zero-order chi connectivity index (χ0) is 15.6. The molecular weight excluding hydrogens is 292 g/mol. The van der Waals surface area contributed by atoms with Gasteiger partial charge in [0.2, 0.25) is 0 Å². The van der Waals surface area contributed by atoms with Crippen molar-refractivity contribution in [2.24, 2.45) is 0 Å². The van der Waals surface area contributed by atoms with Gasteiger partial charge in [0, 0.05) is 17.5 Å². The number of hydrogen-bond donors (Lipinski definition) is 0. The quantitative estimate of drug-likeness (QED) is 0.818. The van der Waals surface area contributed by atoms with Gasteiger partial charge < -0.3 is 14.2 Å². The maximum absolute atomic E-state index is 12.7. The van der Waals surface area contributed by atoms with Gasteiger partial charge in [-0.25, -0.2) is 0 Å². The van der Waals surface area contributed by atoms with E-state index in [0.717, 1.165) is 22.4 Å². The lowest BCUT2D eigenvalue weighted by molar-refractivity contribution is 0.0894. The summed E-state index contributed by atoms with van der Waals surface area (Å²) in [6.07, 6.45) is 0.388. The van der Waals surface area contributed by atoms with Gasteiger partial charge >= 0.3 is 0 Å². The number of carbonyl (C=O) groups is 1. The third-order valence-electron chi connectivity index (χ3n) is 5.11. The van der Waals surface area contributed by atoms with E-state index in [1.807, 2.05) is 48.5 Å². The van der Waals surface area contributed by atoms with Gasteiger partial charge in [-0.1, -0.05) is 42.5 Å². The zero-order valence-corrected chi connectivity index (χ0v) is 12.7. The molecule has 4 heteroatoms. The van der Waals surface area contributed by atoms with Gasteiger partial charge in [-0.3, -0.25) is 4.79 Å². The molecule has 3 aliphatic rings. The number of methoxy groups -OCH3 is 1. The Hall–Kier alpha value is -2.17. The number of epoxide rings is 2. The summed E-state index contributed by atoms with van der Waals surface area (Å²) in [7, 11) is 1.66. The van der Waals surface area contributed by atoms with E-state index in [1.165, 1.54) is 0 Å². The second-order valence-corrected chi connectivity index (χ2v) is 6.35. The minimum Gasteiger partial charge on any atom is -0.496 e. The van der Waals surface area contributed by atoms with E-state index >= 15 is 0 Å². The molecule has 1 spiro atoms. The molecule has 2 aliphatic heterocycles. The maximum atomic E-state index is 12.7. The number of ketones is 1. The normalized spacial score (nSPS) is 33.6. The van der Waals surface area contributed by atoms with E-state index in [1.54, 1.807) is 7.11 Å². The summed E-state index contributed by atoms with van der Waals surface area (Å²) >= 11 is 0. The zero-order valence-electron chi connectivity index (χ0n) is 12.7. The van der Waals surface area contributed by atoms with E-state index in [9.17, 15) is 4.79 Å². The Kier molecular flexibility index (Phi) is 2.56. The van der Waals surface area contributed by atoms with E-state index < -0.39 is 5.60 Å². The highest BCUT2D eigenvalue weighted by Crippen LogP contribution is 2.58. The highest BCUT2D eigenvalue weighted by atomic mass is 16.7. The third kappa shape index (κ3) is 1.76. The molecule has 4 nitrogen and oxygen atoms in total. The van der Waals surface area contributed by atoms with Crippen LogP contribution < -0.4 is 4.74 Å². The molecule has 0 saturated carbocycles. The van der Waals surface area contributed by atoms with Crippen molar-refractivity contribution in [2.75, 3.05) is 7.11 Å². The number of fused-ring (bicyclic) bond motifs is 1. The van der Waals surface area contributed by atoms with Gasteiger partial charge in [0.25, 0.3) is 0 Å². The molecule has 0 bridgehead atoms. The SMILES string of the molecule is COc1ccccc1[C@@H]1O[C@H]1[C@H]1O[C@@]12Cc1ccccc1C2=O. The van der Waals surface area contributed by atoms with Crippen LogP contribution in [0.4, 0.5) is 0 Å². The van der Waals surface area contributed by atoms with Crippen LogP contribution in [0.2, 0.25) is 0 Å². The molecule has 23 heavy (non-hydrogen) atoms. The molecule has 0 amide bonds. The smallest absolute Gasteiger partial charge is 0.198 e. The van der Waals surface area contributed by atoms with Gasteiger partial charge in [-0.2, -0.15) is 0 Å². The summed E-state index contributed by atoms with van der Waals surface area (Å²) < 4.78 is 17.1. The molecule has 1 aliphatic carbocycles. The lowest BCUT2D eigenvalue weighted by Gasteiger charge is -2.04. The van der Waals surface area contributed by atoms with Crippen molar-refractivity contribution in [1.82, 2.24) is 0 Å². The predicted octanol–water partition coefficient (Wildman–Crippen LogP) is 2.71. The Morgan fingerprint density at radius 2 is 1.91 bits per heavy atom. The molecule has 2 saturated heterocycles. The number of para-hydroxylation sites is 1. The van der Waals surface area contributed by atoms with Gasteiger partial charge in [0.15, 0.2) is 11.4 Å². The first-order valence-corrected chi connectivity index (χ1v) is 7.83. The predicted molar refractivity (Wildman–Crippen MR) is 82.7 cm³/mol. The fourth-order valence-electron chi connectivity index (χ4n) is 3.84. The van der Waals surface area contributed by atoms with Crippen LogP contribution in [0, 0.1) is 0 Å². The molecule has 0 aromatic heterocycles. The van der Waals surface area contributed by atoms with Crippen LogP contribution >= 0.6 is 0 Å². The first kappa shape index (κ1) is 13.3. The van der Waals surface area contributed by atoms with Crippen molar-refractivity contribution in [3.8, 4) is 5.75 Å². The van der Waals surface area contributed by atoms with Gasteiger partial charge in [0.05, 0.1) is 7.11 Å². The topological polar surface area (TPSA) is 51.4 Å². The minimum absolute atomic E-state index is 0.0490. The van der Waals surface area contributed by atoms with Crippen molar-refractivity contribution in [3.63, 3.8) is 0 Å². The average molecular weight is 308 g/mol. The van der Waals surface area contributed by atoms with Crippen molar-refractivity contribution in [3.05, 3.63) is 65.2 Å². The molecule has 4 atom stereocenters. The molecule has 2 aromatic rings. The highest BCUT2D eigenvalue weighted by molar-refractivity contribution is 6.09. The van der Waals surface area contributed by atoms with E-state index in [2.05, 4.69) is 0 Å². The monoisotopic (exact) mass is 308 g/mol. The Morgan fingerprint density at radius 3 is 2.74 bits per heavy atom. The first-order valence-electron chi connectivity index (χ1n) is 7.83. The molecule has 0 radical (unpaired) electrons. The Balaban J connectivity index is 1.38. The Labute approximate surface area is 134 Å². The molecular formula is C19H16O4.